The first-order valence-electron chi connectivity index (χ1n) is 12.8. The molecular formula is C32H26N2O. The summed E-state index contributed by atoms with van der Waals surface area (Å²) in [4.78, 5) is 9.39. The van der Waals surface area contributed by atoms with E-state index in [1.54, 1.807) is 18.2 Å². The molecule has 0 amide bonds. The predicted octanol–water partition coefficient (Wildman–Crippen LogP) is 8.23. The standard InChI is InChI=1S/C32H26N2O/c1-20-12-14-25(21(2)16-20)29-18-30(33-19-22(29)3)28-11-7-10-26-27-15-13-24(34-32(27)35-31(26)28)17-23-8-5-4-6-9-23/h4-16,18-19H,17H2,1-3H3/i17D2. The topological polar surface area (TPSA) is 38.9 Å². The fourth-order valence-electron chi connectivity index (χ4n) is 4.70. The fraction of sp³-hybridized carbons (Fsp3) is 0.125. The van der Waals surface area contributed by atoms with E-state index in [0.29, 0.717) is 22.6 Å². The quantitative estimate of drug-likeness (QED) is 0.268. The predicted molar refractivity (Wildman–Crippen MR) is 144 cm³/mol. The van der Waals surface area contributed by atoms with Crippen LogP contribution >= 0.6 is 0 Å². The molecule has 0 bridgehead atoms. The molecule has 0 saturated heterocycles. The Morgan fingerprint density at radius 2 is 1.60 bits per heavy atom. The molecule has 0 radical (unpaired) electrons. The minimum Gasteiger partial charge on any atom is -0.437 e. The van der Waals surface area contributed by atoms with Crippen molar-refractivity contribution >= 4 is 22.1 Å². The maximum Gasteiger partial charge on any atom is 0.227 e. The van der Waals surface area contributed by atoms with E-state index in [1.165, 1.54) is 16.7 Å². The Bertz CT molecular complexity index is 1790. The lowest BCUT2D eigenvalue weighted by Crippen LogP contribution is -1.92. The second-order valence-corrected chi connectivity index (χ2v) is 9.03. The molecule has 0 spiro atoms. The molecule has 0 aliphatic heterocycles. The number of furan rings is 1. The van der Waals surface area contributed by atoms with Crippen molar-refractivity contribution in [1.82, 2.24) is 9.97 Å². The van der Waals surface area contributed by atoms with Crippen molar-refractivity contribution in [1.29, 1.82) is 0 Å². The lowest BCUT2D eigenvalue weighted by molar-refractivity contribution is 0.652. The second kappa shape index (κ2) is 8.52. The van der Waals surface area contributed by atoms with E-state index in [-0.39, 0.29) is 0 Å². The number of para-hydroxylation sites is 1. The summed E-state index contributed by atoms with van der Waals surface area (Å²) in [6.45, 7) is 6.33. The SMILES string of the molecule is [2H]C([2H])(c1ccccc1)c1ccc2c(n1)oc1c(-c3cc(-c4ccc(C)cc4C)c(C)cn3)cccc12. The van der Waals surface area contributed by atoms with Crippen molar-refractivity contribution in [3.05, 3.63) is 119 Å². The first kappa shape index (κ1) is 19.1. The van der Waals surface area contributed by atoms with Gasteiger partial charge < -0.3 is 4.42 Å². The summed E-state index contributed by atoms with van der Waals surface area (Å²) in [5, 5.41) is 1.79. The minimum absolute atomic E-state index is 0.317. The van der Waals surface area contributed by atoms with Crippen LogP contribution in [0.4, 0.5) is 0 Å². The molecule has 6 rings (SSSR count). The van der Waals surface area contributed by atoms with Crippen LogP contribution in [-0.2, 0) is 6.37 Å². The van der Waals surface area contributed by atoms with E-state index in [1.807, 2.05) is 48.7 Å². The molecule has 0 atom stereocenters. The van der Waals surface area contributed by atoms with Crippen molar-refractivity contribution in [3.8, 4) is 22.4 Å². The molecule has 0 aliphatic carbocycles. The van der Waals surface area contributed by atoms with E-state index >= 15 is 0 Å². The molecule has 3 heteroatoms. The van der Waals surface area contributed by atoms with Gasteiger partial charge in [0, 0.05) is 37.3 Å². The Kier molecular flexibility index (Phi) is 4.65. The van der Waals surface area contributed by atoms with Crippen molar-refractivity contribution in [2.24, 2.45) is 0 Å². The molecule has 3 heterocycles. The largest absolute Gasteiger partial charge is 0.437 e. The second-order valence-electron chi connectivity index (χ2n) is 9.03. The number of benzene rings is 3. The van der Waals surface area contributed by atoms with E-state index in [0.717, 1.165) is 33.2 Å². The Balaban J connectivity index is 1.50. The molecule has 3 aromatic carbocycles. The third-order valence-corrected chi connectivity index (χ3v) is 6.46. The molecule has 0 fully saturated rings. The summed E-state index contributed by atoms with van der Waals surface area (Å²) in [6.07, 6.45) is 0.173. The zero-order chi connectivity index (χ0) is 25.7. The van der Waals surface area contributed by atoms with Gasteiger partial charge in [0.15, 0.2) is 0 Å². The molecule has 0 N–H and O–H groups in total. The third-order valence-electron chi connectivity index (χ3n) is 6.46. The molecule has 170 valence electrons. The Morgan fingerprint density at radius 1 is 0.743 bits per heavy atom. The van der Waals surface area contributed by atoms with Crippen LogP contribution in [-0.4, -0.2) is 9.97 Å². The van der Waals surface area contributed by atoms with E-state index in [4.69, 9.17) is 12.1 Å². The van der Waals surface area contributed by atoms with Crippen LogP contribution in [0.25, 0.3) is 44.5 Å². The number of nitrogens with zero attached hydrogens (tertiary/aromatic N) is 2. The molecule has 0 saturated carbocycles. The highest BCUT2D eigenvalue weighted by atomic mass is 16.3. The van der Waals surface area contributed by atoms with Crippen LogP contribution < -0.4 is 0 Å². The summed E-state index contributed by atoms with van der Waals surface area (Å²) < 4.78 is 23.7. The maximum absolute atomic E-state index is 8.70. The maximum atomic E-state index is 8.70. The van der Waals surface area contributed by atoms with Crippen LogP contribution in [0.2, 0.25) is 0 Å². The van der Waals surface area contributed by atoms with Gasteiger partial charge in [-0.25, -0.2) is 4.98 Å². The highest BCUT2D eigenvalue weighted by Crippen LogP contribution is 2.37. The van der Waals surface area contributed by atoms with Crippen molar-refractivity contribution in [2.75, 3.05) is 0 Å². The normalized spacial score (nSPS) is 12.7. The summed E-state index contributed by atoms with van der Waals surface area (Å²) >= 11 is 0. The molecule has 3 aromatic heterocycles. The van der Waals surface area contributed by atoms with Crippen molar-refractivity contribution in [3.63, 3.8) is 0 Å². The minimum atomic E-state index is -1.74. The lowest BCUT2D eigenvalue weighted by Gasteiger charge is -2.12. The monoisotopic (exact) mass is 456 g/mol. The van der Waals surface area contributed by atoms with Gasteiger partial charge in [-0.3, -0.25) is 4.98 Å². The molecule has 0 unspecified atom stereocenters. The van der Waals surface area contributed by atoms with Crippen LogP contribution in [0.15, 0.2) is 95.5 Å². The lowest BCUT2D eigenvalue weighted by atomic mass is 9.94. The van der Waals surface area contributed by atoms with Gasteiger partial charge in [-0.05, 0) is 72.9 Å². The first-order chi connectivity index (χ1) is 17.8. The molecule has 6 aromatic rings. The van der Waals surface area contributed by atoms with Gasteiger partial charge in [-0.15, -0.1) is 0 Å². The van der Waals surface area contributed by atoms with Crippen LogP contribution in [0.1, 0.15) is 30.7 Å². The van der Waals surface area contributed by atoms with Crippen molar-refractivity contribution < 1.29 is 7.16 Å². The fourth-order valence-corrected chi connectivity index (χ4v) is 4.70. The number of hydrogen-bond acceptors (Lipinski definition) is 3. The Morgan fingerprint density at radius 3 is 2.43 bits per heavy atom. The molecular weight excluding hydrogens is 428 g/mol. The first-order valence-corrected chi connectivity index (χ1v) is 11.8. The number of hydrogen-bond donors (Lipinski definition) is 0. The van der Waals surface area contributed by atoms with E-state index in [2.05, 4.69) is 50.0 Å². The number of aromatic nitrogens is 2. The summed E-state index contributed by atoms with van der Waals surface area (Å²) in [6, 6.07) is 27.4. The number of rotatable bonds is 4. The van der Waals surface area contributed by atoms with Crippen molar-refractivity contribution in [2.45, 2.75) is 27.1 Å². The average molecular weight is 457 g/mol. The highest BCUT2D eigenvalue weighted by Gasteiger charge is 2.16. The van der Waals surface area contributed by atoms with Gasteiger partial charge in [0.1, 0.15) is 5.58 Å². The van der Waals surface area contributed by atoms with Gasteiger partial charge in [0.05, 0.1) is 5.69 Å². The summed E-state index contributed by atoms with van der Waals surface area (Å²) in [7, 11) is 0. The van der Waals surface area contributed by atoms with Gasteiger partial charge in [-0.1, -0.05) is 66.2 Å². The van der Waals surface area contributed by atoms with Crippen LogP contribution in [0, 0.1) is 20.8 Å². The van der Waals surface area contributed by atoms with Gasteiger partial charge in [0.25, 0.3) is 0 Å². The van der Waals surface area contributed by atoms with E-state index in [9.17, 15) is 0 Å². The highest BCUT2D eigenvalue weighted by molar-refractivity contribution is 6.08. The van der Waals surface area contributed by atoms with E-state index < -0.39 is 6.37 Å². The third kappa shape index (κ3) is 3.89. The summed E-state index contributed by atoms with van der Waals surface area (Å²) in [5.41, 5.74) is 9.62. The van der Waals surface area contributed by atoms with Gasteiger partial charge in [0.2, 0.25) is 5.71 Å². The Hall–Kier alpha value is -4.24. The molecule has 0 aliphatic rings. The number of pyridine rings is 2. The zero-order valence-corrected chi connectivity index (χ0v) is 20.0. The molecule has 35 heavy (non-hydrogen) atoms. The zero-order valence-electron chi connectivity index (χ0n) is 22.0. The van der Waals surface area contributed by atoms with Crippen LogP contribution in [0.3, 0.4) is 0 Å². The molecule has 3 nitrogen and oxygen atoms in total. The summed E-state index contributed by atoms with van der Waals surface area (Å²) in [5.74, 6) is 0. The smallest absolute Gasteiger partial charge is 0.227 e. The number of aryl methyl sites for hydroxylation is 3. The van der Waals surface area contributed by atoms with Crippen LogP contribution in [0.5, 0.6) is 0 Å². The van der Waals surface area contributed by atoms with Gasteiger partial charge in [-0.2, -0.15) is 0 Å². The average Bonchev–Trinajstić information content (AvgIpc) is 3.28. The number of fused-ring (bicyclic) bond motifs is 3. The Labute approximate surface area is 207 Å². The van der Waals surface area contributed by atoms with Gasteiger partial charge >= 0.3 is 0 Å².